The van der Waals surface area contributed by atoms with Gasteiger partial charge in [0.15, 0.2) is 5.84 Å². The van der Waals surface area contributed by atoms with Crippen molar-refractivity contribution in [1.82, 2.24) is 10.2 Å². The molecule has 5 N–H and O–H groups in total. The number of likely N-dealkylation sites (tertiary alicyclic amines) is 1. The zero-order valence-corrected chi connectivity index (χ0v) is 13.5. The van der Waals surface area contributed by atoms with Crippen LogP contribution in [0.25, 0.3) is 0 Å². The van der Waals surface area contributed by atoms with Crippen molar-refractivity contribution in [3.63, 3.8) is 0 Å². The van der Waals surface area contributed by atoms with E-state index < -0.39 is 6.04 Å². The fraction of sp³-hybridized carbons (Fsp3) is 0.438. The molecule has 2 rings (SSSR count). The normalized spacial score (nSPS) is 17.4. The lowest BCUT2D eigenvalue weighted by Crippen LogP contribution is -2.50. The molecule has 0 unspecified atom stereocenters. The third-order valence-electron chi connectivity index (χ3n) is 4.04. The molecule has 1 aromatic carbocycles. The van der Waals surface area contributed by atoms with Gasteiger partial charge in [0.1, 0.15) is 6.04 Å². The summed E-state index contributed by atoms with van der Waals surface area (Å²) in [6, 6.07) is 5.54. The molecule has 1 saturated heterocycles. The van der Waals surface area contributed by atoms with Crippen LogP contribution in [0.2, 0.25) is 0 Å². The molecule has 24 heavy (non-hydrogen) atoms. The van der Waals surface area contributed by atoms with Crippen molar-refractivity contribution >= 4 is 17.6 Å². The molecule has 1 heterocycles. The van der Waals surface area contributed by atoms with Crippen molar-refractivity contribution in [1.29, 1.82) is 0 Å². The summed E-state index contributed by atoms with van der Waals surface area (Å²) in [7, 11) is 0. The number of amidine groups is 1. The predicted molar refractivity (Wildman–Crippen MR) is 87.7 cm³/mol. The minimum Gasteiger partial charge on any atom is -0.409 e. The van der Waals surface area contributed by atoms with Gasteiger partial charge in [-0.15, -0.1) is 0 Å². The minimum absolute atomic E-state index is 0.0437. The second-order valence-electron chi connectivity index (χ2n) is 5.81. The zero-order valence-electron chi connectivity index (χ0n) is 13.5. The number of nitrogens with one attached hydrogen (secondary N) is 1. The third kappa shape index (κ3) is 4.23. The Kier molecular flexibility index (Phi) is 5.75. The van der Waals surface area contributed by atoms with Gasteiger partial charge in [-0.3, -0.25) is 9.59 Å². The molecule has 0 radical (unpaired) electrons. The van der Waals surface area contributed by atoms with Crippen LogP contribution in [0.5, 0.6) is 0 Å². The van der Waals surface area contributed by atoms with Crippen molar-refractivity contribution in [3.8, 4) is 0 Å². The molecule has 130 valence electrons. The summed E-state index contributed by atoms with van der Waals surface area (Å²) in [6.07, 6.45) is 0.760. The van der Waals surface area contributed by atoms with Crippen LogP contribution in [0.1, 0.15) is 35.7 Å². The first-order chi connectivity index (χ1) is 11.4. The van der Waals surface area contributed by atoms with Gasteiger partial charge in [0.2, 0.25) is 5.91 Å². The molecular weight excluding hydrogens is 312 g/mol. The minimum atomic E-state index is -0.656. The van der Waals surface area contributed by atoms with E-state index in [1.807, 2.05) is 0 Å². The molecule has 1 aliphatic heterocycles. The Morgan fingerprint density at radius 2 is 1.79 bits per heavy atom. The molecule has 0 aliphatic carbocycles. The first-order valence-electron chi connectivity index (χ1n) is 7.78. The van der Waals surface area contributed by atoms with Crippen LogP contribution in [-0.4, -0.2) is 58.1 Å². The molecule has 0 spiro atoms. The van der Waals surface area contributed by atoms with Crippen molar-refractivity contribution in [2.75, 3.05) is 13.1 Å². The topological polar surface area (TPSA) is 128 Å². The Bertz CT molecular complexity index is 621. The van der Waals surface area contributed by atoms with E-state index >= 15 is 0 Å². The molecule has 8 heteroatoms. The summed E-state index contributed by atoms with van der Waals surface area (Å²) in [5.41, 5.74) is 6.33. The maximum atomic E-state index is 12.3. The van der Waals surface area contributed by atoms with E-state index in [2.05, 4.69) is 10.5 Å². The molecular formula is C16H22N4O4. The van der Waals surface area contributed by atoms with Gasteiger partial charge >= 0.3 is 0 Å². The van der Waals surface area contributed by atoms with E-state index in [0.717, 1.165) is 0 Å². The van der Waals surface area contributed by atoms with Gasteiger partial charge in [-0.2, -0.15) is 0 Å². The number of nitrogens with two attached hydrogens (primary N) is 1. The first-order valence-corrected chi connectivity index (χ1v) is 7.78. The predicted octanol–water partition coefficient (Wildman–Crippen LogP) is -0.117. The van der Waals surface area contributed by atoms with E-state index in [4.69, 9.17) is 10.9 Å². The lowest BCUT2D eigenvalue weighted by Gasteiger charge is -2.31. The summed E-state index contributed by atoms with van der Waals surface area (Å²) in [5, 5.41) is 23.6. The number of hydrogen-bond donors (Lipinski definition) is 4. The van der Waals surface area contributed by atoms with Gasteiger partial charge in [-0.25, -0.2) is 0 Å². The number of piperidine rings is 1. The summed E-state index contributed by atoms with van der Waals surface area (Å²) in [4.78, 5) is 26.2. The number of carbonyl (C=O) groups is 2. The highest BCUT2D eigenvalue weighted by Gasteiger charge is 2.26. The van der Waals surface area contributed by atoms with Crippen molar-refractivity contribution < 1.29 is 19.9 Å². The van der Waals surface area contributed by atoms with Gasteiger partial charge in [-0.1, -0.05) is 17.3 Å². The highest BCUT2D eigenvalue weighted by Crippen LogP contribution is 2.11. The van der Waals surface area contributed by atoms with E-state index in [0.29, 0.717) is 37.1 Å². The highest BCUT2D eigenvalue weighted by molar-refractivity contribution is 6.00. The molecule has 0 aromatic heterocycles. The Morgan fingerprint density at radius 3 is 2.33 bits per heavy atom. The monoisotopic (exact) mass is 334 g/mol. The van der Waals surface area contributed by atoms with Gasteiger partial charge in [0.25, 0.3) is 5.91 Å². The quantitative estimate of drug-likeness (QED) is 0.264. The van der Waals surface area contributed by atoms with Crippen LogP contribution in [0.4, 0.5) is 0 Å². The van der Waals surface area contributed by atoms with Gasteiger partial charge in [0.05, 0.1) is 6.10 Å². The smallest absolute Gasteiger partial charge is 0.251 e. The van der Waals surface area contributed by atoms with Crippen LogP contribution in [0.15, 0.2) is 29.4 Å². The number of aliphatic hydroxyl groups excluding tert-OH is 1. The lowest BCUT2D eigenvalue weighted by molar-refractivity contribution is -0.134. The summed E-state index contributed by atoms with van der Waals surface area (Å²) < 4.78 is 0. The number of amides is 2. The summed E-state index contributed by atoms with van der Waals surface area (Å²) >= 11 is 0. The Morgan fingerprint density at radius 1 is 1.25 bits per heavy atom. The van der Waals surface area contributed by atoms with Crippen molar-refractivity contribution in [3.05, 3.63) is 35.4 Å². The maximum Gasteiger partial charge on any atom is 0.251 e. The third-order valence-corrected chi connectivity index (χ3v) is 4.04. The first kappa shape index (κ1) is 17.7. The number of nitrogens with zero attached hydrogens (tertiary/aromatic N) is 2. The van der Waals surface area contributed by atoms with Crippen LogP contribution in [0, 0.1) is 0 Å². The molecule has 1 aliphatic rings. The second kappa shape index (κ2) is 7.78. The summed E-state index contributed by atoms with van der Waals surface area (Å²) in [6.45, 7) is 2.62. The molecule has 8 nitrogen and oxygen atoms in total. The number of oxime groups is 1. The zero-order chi connectivity index (χ0) is 17.7. The fourth-order valence-corrected chi connectivity index (χ4v) is 2.55. The van der Waals surface area contributed by atoms with Crippen LogP contribution < -0.4 is 11.1 Å². The van der Waals surface area contributed by atoms with Crippen LogP contribution in [-0.2, 0) is 4.79 Å². The molecule has 0 bridgehead atoms. The molecule has 0 saturated carbocycles. The standard InChI is InChI=1S/C16H22N4O4/c1-10(16(23)20-8-6-13(21)7-9-20)18-15(22)12-4-2-11(3-5-12)14(17)19-24/h2-5,10,13,21,24H,6-9H2,1H3,(H2,17,19)(H,18,22)/t10-/m0/s1. The molecule has 1 aromatic rings. The Balaban J connectivity index is 1.94. The summed E-state index contributed by atoms with van der Waals surface area (Å²) in [5.74, 6) is -0.583. The fourth-order valence-electron chi connectivity index (χ4n) is 2.55. The van der Waals surface area contributed by atoms with Gasteiger partial charge in [-0.05, 0) is 31.9 Å². The average molecular weight is 334 g/mol. The molecule has 2 amide bonds. The number of rotatable bonds is 4. The van der Waals surface area contributed by atoms with Gasteiger partial charge < -0.3 is 26.3 Å². The molecule has 1 fully saturated rings. The number of aliphatic hydroxyl groups is 1. The average Bonchev–Trinajstić information content (AvgIpc) is 2.61. The largest absolute Gasteiger partial charge is 0.409 e. The Hall–Kier alpha value is -2.61. The van der Waals surface area contributed by atoms with E-state index in [-0.39, 0.29) is 23.8 Å². The maximum absolute atomic E-state index is 12.3. The lowest BCUT2D eigenvalue weighted by atomic mass is 10.1. The number of benzene rings is 1. The molecule has 1 atom stereocenters. The number of hydrogen-bond acceptors (Lipinski definition) is 5. The highest BCUT2D eigenvalue weighted by atomic mass is 16.4. The number of carbonyl (C=O) groups excluding carboxylic acids is 2. The van der Waals surface area contributed by atoms with Crippen LogP contribution >= 0.6 is 0 Å². The van der Waals surface area contributed by atoms with Crippen molar-refractivity contribution in [2.45, 2.75) is 31.9 Å². The van der Waals surface area contributed by atoms with E-state index in [9.17, 15) is 14.7 Å². The SMILES string of the molecule is C[C@H](NC(=O)c1ccc(/C(N)=N/O)cc1)C(=O)N1CCC(O)CC1. The Labute approximate surface area is 139 Å². The van der Waals surface area contributed by atoms with Crippen molar-refractivity contribution in [2.24, 2.45) is 10.9 Å². The van der Waals surface area contributed by atoms with E-state index in [1.54, 1.807) is 24.0 Å². The van der Waals surface area contributed by atoms with Crippen LogP contribution in [0.3, 0.4) is 0 Å². The van der Waals surface area contributed by atoms with Gasteiger partial charge in [0, 0.05) is 24.2 Å². The second-order valence-corrected chi connectivity index (χ2v) is 5.81. The van der Waals surface area contributed by atoms with E-state index in [1.165, 1.54) is 12.1 Å².